The summed E-state index contributed by atoms with van der Waals surface area (Å²) in [6.07, 6.45) is 7.51. The van der Waals surface area contributed by atoms with E-state index < -0.39 is 47.0 Å². The third-order valence-electron chi connectivity index (χ3n) is 9.46. The van der Waals surface area contributed by atoms with Gasteiger partial charge in [0, 0.05) is 31.0 Å². The van der Waals surface area contributed by atoms with E-state index in [0.717, 1.165) is 24.3 Å². The minimum Gasteiger partial charge on any atom is -0.461 e. The van der Waals surface area contributed by atoms with Crippen LogP contribution in [0.2, 0.25) is 0 Å². The highest BCUT2D eigenvalue weighted by Gasteiger charge is 2.75. The molecule has 1 N–H and O–H groups in total. The van der Waals surface area contributed by atoms with Crippen molar-refractivity contribution in [1.29, 1.82) is 0 Å². The molecule has 4 aliphatic rings. The Balaban J connectivity index is 1.45. The van der Waals surface area contributed by atoms with E-state index in [1.165, 1.54) is 4.90 Å². The zero-order valence-electron chi connectivity index (χ0n) is 24.9. The number of hydrogen-bond acceptors (Lipinski definition) is 7. The normalized spacial score (nSPS) is 30.3. The van der Waals surface area contributed by atoms with Crippen molar-refractivity contribution >= 4 is 29.2 Å². The second-order valence-corrected chi connectivity index (χ2v) is 11.8. The van der Waals surface area contributed by atoms with Crippen molar-refractivity contribution in [3.8, 4) is 0 Å². The Labute approximate surface area is 252 Å². The molecule has 1 unspecified atom stereocenters. The molecule has 0 bridgehead atoms. The smallest absolute Gasteiger partial charge is 0.313 e. The van der Waals surface area contributed by atoms with E-state index in [0.29, 0.717) is 12.1 Å². The first-order chi connectivity index (χ1) is 20.8. The fourth-order valence-corrected chi connectivity index (χ4v) is 7.49. The molecule has 0 aliphatic carbocycles. The standard InChI is InChI=1S/C34H39N3O6/c1-4-35(5-2)24-13-15-25(16-14-24)36-19-9-18-34-27(28-32(41)42-20-10-17-33(28,3)43-34)30(39)37(29(34)31(36)40)26(22-38)21-23-11-7-6-8-12-23/h6-18,26-29,38H,4-5,19-22H2,1-3H3/t26-,27+,28-,29?,33+,34+/m1/s1. The van der Waals surface area contributed by atoms with Crippen LogP contribution in [0.15, 0.2) is 78.9 Å². The lowest BCUT2D eigenvalue weighted by Gasteiger charge is -2.40. The van der Waals surface area contributed by atoms with Crippen LogP contribution in [0.5, 0.6) is 0 Å². The number of esters is 1. The molecule has 2 fully saturated rings. The number of nitrogens with zero attached hydrogens (tertiary/aromatic N) is 3. The van der Waals surface area contributed by atoms with Gasteiger partial charge >= 0.3 is 5.97 Å². The number of likely N-dealkylation sites (tertiary alicyclic amines) is 1. The van der Waals surface area contributed by atoms with Crippen LogP contribution in [-0.4, -0.2) is 83.9 Å². The maximum absolute atomic E-state index is 14.8. The summed E-state index contributed by atoms with van der Waals surface area (Å²) in [7, 11) is 0. The molecule has 2 aromatic carbocycles. The summed E-state index contributed by atoms with van der Waals surface area (Å²) in [4.78, 5) is 48.1. The number of carbonyl (C=O) groups is 3. The van der Waals surface area contributed by atoms with Gasteiger partial charge in [0.05, 0.1) is 24.2 Å². The van der Waals surface area contributed by atoms with Gasteiger partial charge in [-0.15, -0.1) is 0 Å². The largest absolute Gasteiger partial charge is 0.461 e. The monoisotopic (exact) mass is 585 g/mol. The Morgan fingerprint density at radius 2 is 1.67 bits per heavy atom. The molecule has 6 atom stereocenters. The van der Waals surface area contributed by atoms with Gasteiger partial charge in [-0.25, -0.2) is 0 Å². The zero-order chi connectivity index (χ0) is 30.4. The Kier molecular flexibility index (Phi) is 7.64. The molecule has 4 aliphatic heterocycles. The number of aliphatic hydroxyl groups is 1. The van der Waals surface area contributed by atoms with Gasteiger partial charge in [0.2, 0.25) is 5.91 Å². The van der Waals surface area contributed by atoms with E-state index in [-0.39, 0.29) is 25.7 Å². The van der Waals surface area contributed by atoms with Gasteiger partial charge in [-0.3, -0.25) is 14.4 Å². The maximum Gasteiger partial charge on any atom is 0.313 e. The van der Waals surface area contributed by atoms with Gasteiger partial charge in [-0.1, -0.05) is 48.6 Å². The highest BCUT2D eigenvalue weighted by Crippen LogP contribution is 2.57. The summed E-state index contributed by atoms with van der Waals surface area (Å²) < 4.78 is 12.3. The minimum atomic E-state index is -1.42. The number of hydrogen-bond donors (Lipinski definition) is 1. The molecule has 9 heteroatoms. The highest BCUT2D eigenvalue weighted by atomic mass is 16.6. The molecule has 0 saturated carbocycles. The SMILES string of the molecule is CCN(CC)c1ccc(N2CC=C[C@]34O[C@@]5(C)C=CCOC(=O)[C@H]5[C@H]3C(=O)N([C@@H](CO)Cc3ccccc3)C4C2=O)cc1. The van der Waals surface area contributed by atoms with E-state index >= 15 is 0 Å². The predicted molar refractivity (Wildman–Crippen MR) is 162 cm³/mol. The zero-order valence-corrected chi connectivity index (χ0v) is 24.9. The third kappa shape index (κ3) is 4.66. The van der Waals surface area contributed by atoms with Crippen molar-refractivity contribution in [1.82, 2.24) is 4.90 Å². The van der Waals surface area contributed by atoms with Gasteiger partial charge in [0.15, 0.2) is 0 Å². The van der Waals surface area contributed by atoms with Crippen LogP contribution >= 0.6 is 0 Å². The molecule has 2 saturated heterocycles. The van der Waals surface area contributed by atoms with Crippen molar-refractivity contribution < 1.29 is 29.0 Å². The number of cyclic esters (lactones) is 1. The molecule has 2 amide bonds. The molecule has 226 valence electrons. The average molecular weight is 586 g/mol. The lowest BCUT2D eigenvalue weighted by atomic mass is 9.75. The summed E-state index contributed by atoms with van der Waals surface area (Å²) in [6, 6.07) is 15.6. The molecule has 43 heavy (non-hydrogen) atoms. The fraction of sp³-hybridized carbons (Fsp3) is 0.441. The predicted octanol–water partition coefficient (Wildman–Crippen LogP) is 3.12. The quantitative estimate of drug-likeness (QED) is 0.376. The Morgan fingerprint density at radius 1 is 0.953 bits per heavy atom. The van der Waals surface area contributed by atoms with Gasteiger partial charge in [-0.05, 0) is 63.1 Å². The van der Waals surface area contributed by atoms with E-state index in [1.54, 1.807) is 30.1 Å². The number of rotatable bonds is 8. The molecule has 4 heterocycles. The molecule has 6 rings (SSSR count). The molecular formula is C34H39N3O6. The first kappa shape index (κ1) is 29.1. The number of carbonyl (C=O) groups excluding carboxylic acids is 3. The molecule has 0 aromatic heterocycles. The lowest BCUT2D eigenvalue weighted by molar-refractivity contribution is -0.157. The molecule has 0 radical (unpaired) electrons. The number of amides is 2. The van der Waals surface area contributed by atoms with Crippen molar-refractivity contribution in [3.63, 3.8) is 0 Å². The van der Waals surface area contributed by atoms with Gasteiger partial charge in [0.1, 0.15) is 24.2 Å². The van der Waals surface area contributed by atoms with E-state index in [2.05, 4.69) is 18.7 Å². The Hall–Kier alpha value is -3.95. The first-order valence-corrected chi connectivity index (χ1v) is 15.1. The average Bonchev–Trinajstić information content (AvgIpc) is 3.28. The van der Waals surface area contributed by atoms with Crippen LogP contribution in [-0.2, 0) is 30.3 Å². The maximum atomic E-state index is 14.8. The van der Waals surface area contributed by atoms with Crippen LogP contribution in [0.25, 0.3) is 0 Å². The summed E-state index contributed by atoms with van der Waals surface area (Å²) in [5.74, 6) is -3.17. The van der Waals surface area contributed by atoms with Crippen LogP contribution in [0.1, 0.15) is 26.3 Å². The molecular weight excluding hydrogens is 546 g/mol. The van der Waals surface area contributed by atoms with Crippen LogP contribution in [0.4, 0.5) is 11.4 Å². The molecule has 9 nitrogen and oxygen atoms in total. The first-order valence-electron chi connectivity index (χ1n) is 15.1. The molecule has 2 aromatic rings. The topological polar surface area (TPSA) is 99.6 Å². The van der Waals surface area contributed by atoms with Crippen molar-refractivity contribution in [2.45, 2.75) is 50.5 Å². The van der Waals surface area contributed by atoms with E-state index in [4.69, 9.17) is 9.47 Å². The van der Waals surface area contributed by atoms with Gasteiger partial charge < -0.3 is 29.3 Å². The van der Waals surface area contributed by atoms with Gasteiger partial charge in [-0.2, -0.15) is 0 Å². The Morgan fingerprint density at radius 3 is 2.35 bits per heavy atom. The van der Waals surface area contributed by atoms with E-state index in [9.17, 15) is 19.5 Å². The lowest BCUT2D eigenvalue weighted by Crippen LogP contribution is -2.59. The number of aliphatic hydroxyl groups excluding tert-OH is 1. The van der Waals surface area contributed by atoms with E-state index in [1.807, 2.05) is 60.7 Å². The summed E-state index contributed by atoms with van der Waals surface area (Å²) in [5, 5.41) is 10.7. The number of anilines is 2. The second kappa shape index (κ2) is 11.3. The summed E-state index contributed by atoms with van der Waals surface area (Å²) in [5.41, 5.74) is 0.107. The fourth-order valence-electron chi connectivity index (χ4n) is 7.49. The summed E-state index contributed by atoms with van der Waals surface area (Å²) in [6.45, 7) is 7.71. The highest BCUT2D eigenvalue weighted by molar-refractivity contribution is 6.06. The van der Waals surface area contributed by atoms with Crippen LogP contribution in [0, 0.1) is 11.8 Å². The van der Waals surface area contributed by atoms with Crippen LogP contribution in [0.3, 0.4) is 0 Å². The minimum absolute atomic E-state index is 0.0919. The van der Waals surface area contributed by atoms with Crippen molar-refractivity contribution in [3.05, 3.63) is 84.5 Å². The molecule has 1 spiro atoms. The van der Waals surface area contributed by atoms with Crippen molar-refractivity contribution in [2.24, 2.45) is 11.8 Å². The number of fused-ring (bicyclic) bond motifs is 2. The van der Waals surface area contributed by atoms with Crippen molar-refractivity contribution in [2.75, 3.05) is 42.6 Å². The number of ether oxygens (including phenoxy) is 2. The number of benzene rings is 2. The van der Waals surface area contributed by atoms with Crippen LogP contribution < -0.4 is 9.80 Å². The third-order valence-corrected chi connectivity index (χ3v) is 9.46. The second-order valence-electron chi connectivity index (χ2n) is 11.8. The van der Waals surface area contributed by atoms with Gasteiger partial charge in [0.25, 0.3) is 5.91 Å². The summed E-state index contributed by atoms with van der Waals surface area (Å²) >= 11 is 0. The Bertz CT molecular complexity index is 1440.